The Labute approximate surface area is 196 Å². The van der Waals surface area contributed by atoms with Gasteiger partial charge in [-0.2, -0.15) is 13.2 Å². The third-order valence-corrected chi connectivity index (χ3v) is 6.79. The van der Waals surface area contributed by atoms with Crippen LogP contribution in [-0.2, 0) is 15.8 Å². The Morgan fingerprint density at radius 2 is 1.74 bits per heavy atom. The van der Waals surface area contributed by atoms with Gasteiger partial charge in [0.05, 0.1) is 5.56 Å². The Morgan fingerprint density at radius 1 is 1.15 bits per heavy atom. The van der Waals surface area contributed by atoms with Gasteiger partial charge in [-0.1, -0.05) is 24.3 Å². The van der Waals surface area contributed by atoms with E-state index in [0.717, 1.165) is 25.0 Å². The van der Waals surface area contributed by atoms with Crippen molar-refractivity contribution in [2.45, 2.75) is 50.4 Å². The highest BCUT2D eigenvalue weighted by Crippen LogP contribution is 2.39. The Kier molecular flexibility index (Phi) is 7.76. The second-order valence-electron chi connectivity index (χ2n) is 8.88. The first-order valence-electron chi connectivity index (χ1n) is 11.0. The summed E-state index contributed by atoms with van der Waals surface area (Å²) in [7, 11) is 2.15. The minimum atomic E-state index is -4.43. The van der Waals surface area contributed by atoms with Crippen LogP contribution < -0.4 is 5.73 Å². The largest absolute Gasteiger partial charge is 0.483 e. The molecule has 2 aromatic carbocycles. The van der Waals surface area contributed by atoms with Gasteiger partial charge >= 0.3 is 6.18 Å². The Balaban J connectivity index is 0.00000103. The highest BCUT2D eigenvalue weighted by molar-refractivity contribution is 6.46. The van der Waals surface area contributed by atoms with E-state index in [0.29, 0.717) is 35.2 Å². The van der Waals surface area contributed by atoms with Gasteiger partial charge in [0, 0.05) is 29.8 Å². The molecule has 0 radical (unpaired) electrons. The predicted octanol–water partition coefficient (Wildman–Crippen LogP) is 4.86. The summed E-state index contributed by atoms with van der Waals surface area (Å²) in [5.41, 5.74) is 6.69. The number of anilines is 1. The van der Waals surface area contributed by atoms with Crippen molar-refractivity contribution in [2.75, 3.05) is 12.8 Å². The molecular weight excluding hydrogens is 447 g/mol. The van der Waals surface area contributed by atoms with Crippen LogP contribution >= 0.6 is 0 Å². The monoisotopic (exact) mass is 475 g/mol. The molecule has 2 unspecified atom stereocenters. The SMILES string of the molecule is CN1C2CCC1CC(CC(=O)C(=N)c1ccc(-c3cccc(C(F)(F)F)c3)cc1N)C2.O=CO. The van der Waals surface area contributed by atoms with Crippen LogP contribution in [0.4, 0.5) is 18.9 Å². The van der Waals surface area contributed by atoms with Crippen LogP contribution in [-0.4, -0.2) is 47.1 Å². The maximum absolute atomic E-state index is 13.0. The van der Waals surface area contributed by atoms with E-state index in [1.54, 1.807) is 18.2 Å². The number of hydrogen-bond donors (Lipinski definition) is 3. The number of carbonyl (C=O) groups excluding carboxylic acids is 1. The van der Waals surface area contributed by atoms with E-state index in [4.69, 9.17) is 21.0 Å². The Hall–Kier alpha value is -3.20. The van der Waals surface area contributed by atoms with Gasteiger partial charge in [-0.3, -0.25) is 15.0 Å². The number of piperidine rings is 1. The number of nitrogens with zero attached hydrogens (tertiary/aromatic N) is 1. The second kappa shape index (κ2) is 10.4. The van der Waals surface area contributed by atoms with Crippen LogP contribution in [0.5, 0.6) is 0 Å². The number of rotatable bonds is 5. The maximum Gasteiger partial charge on any atom is 0.416 e. The standard InChI is InChI=1S/C24H26F3N3O.CH2O2/c1-30-18-6-7-19(30)10-14(9-18)11-22(31)23(29)20-8-5-16(13-21(20)28)15-3-2-4-17(12-15)24(25,26)27;2-1-3/h2-5,8,12-14,18-19,29H,6-7,9-11,28H2,1H3;1H,(H,2,3). The lowest BCUT2D eigenvalue weighted by Crippen LogP contribution is -2.40. The molecule has 2 atom stereocenters. The van der Waals surface area contributed by atoms with Crippen molar-refractivity contribution >= 4 is 23.7 Å². The van der Waals surface area contributed by atoms with Crippen molar-refractivity contribution in [1.29, 1.82) is 5.41 Å². The molecular formula is C25H28F3N3O3. The van der Waals surface area contributed by atoms with Gasteiger partial charge in [0.15, 0.2) is 5.78 Å². The van der Waals surface area contributed by atoms with Crippen LogP contribution in [0.25, 0.3) is 11.1 Å². The molecule has 182 valence electrons. The van der Waals surface area contributed by atoms with Crippen LogP contribution in [0.1, 0.15) is 43.2 Å². The van der Waals surface area contributed by atoms with Crippen LogP contribution in [0.15, 0.2) is 42.5 Å². The van der Waals surface area contributed by atoms with Crippen LogP contribution in [0.2, 0.25) is 0 Å². The zero-order valence-electron chi connectivity index (χ0n) is 18.8. The fourth-order valence-corrected chi connectivity index (χ4v) is 5.05. The molecule has 4 N–H and O–H groups in total. The molecule has 0 aromatic heterocycles. The zero-order valence-corrected chi connectivity index (χ0v) is 18.8. The number of carboxylic acid groups (broad SMARTS) is 1. The van der Waals surface area contributed by atoms with Crippen molar-refractivity contribution in [3.05, 3.63) is 53.6 Å². The van der Waals surface area contributed by atoms with Gasteiger partial charge in [0.1, 0.15) is 5.71 Å². The summed E-state index contributed by atoms with van der Waals surface area (Å²) in [6.45, 7) is -0.250. The third kappa shape index (κ3) is 5.64. The summed E-state index contributed by atoms with van der Waals surface area (Å²) in [6.07, 6.45) is 0.227. The molecule has 2 fully saturated rings. The minimum Gasteiger partial charge on any atom is -0.483 e. The highest BCUT2D eigenvalue weighted by atomic mass is 19.4. The first kappa shape index (κ1) is 25.4. The topological polar surface area (TPSA) is 107 Å². The van der Waals surface area contributed by atoms with Gasteiger partial charge < -0.3 is 15.7 Å². The van der Waals surface area contributed by atoms with Crippen molar-refractivity contribution in [2.24, 2.45) is 5.92 Å². The number of alkyl halides is 3. The maximum atomic E-state index is 13.0. The number of nitrogens with one attached hydrogen (secondary N) is 1. The fraction of sp³-hybridized carbons (Fsp3) is 0.400. The summed E-state index contributed by atoms with van der Waals surface area (Å²) in [5.74, 6) is 0.0552. The number of benzene rings is 2. The lowest BCUT2D eigenvalue weighted by molar-refractivity contribution is -0.137. The molecule has 2 aliphatic rings. The molecule has 2 saturated heterocycles. The van der Waals surface area contributed by atoms with Crippen LogP contribution in [0.3, 0.4) is 0 Å². The van der Waals surface area contributed by atoms with Gasteiger partial charge in [0.25, 0.3) is 6.47 Å². The lowest BCUT2D eigenvalue weighted by Gasteiger charge is -2.36. The zero-order chi connectivity index (χ0) is 25.0. The van der Waals surface area contributed by atoms with E-state index in [1.807, 2.05) is 0 Å². The quantitative estimate of drug-likeness (QED) is 0.325. The van der Waals surface area contributed by atoms with Gasteiger partial charge in [0.2, 0.25) is 0 Å². The van der Waals surface area contributed by atoms with Crippen LogP contribution in [0, 0.1) is 11.3 Å². The van der Waals surface area contributed by atoms with Gasteiger partial charge in [-0.05, 0) is 68.0 Å². The smallest absolute Gasteiger partial charge is 0.416 e. The van der Waals surface area contributed by atoms with Gasteiger partial charge in [-0.25, -0.2) is 0 Å². The molecule has 0 aliphatic carbocycles. The summed E-state index contributed by atoms with van der Waals surface area (Å²) in [5, 5.41) is 15.2. The molecule has 34 heavy (non-hydrogen) atoms. The minimum absolute atomic E-state index is 0.126. The molecule has 2 heterocycles. The van der Waals surface area contributed by atoms with Gasteiger partial charge in [-0.15, -0.1) is 0 Å². The van der Waals surface area contributed by atoms with E-state index in [-0.39, 0.29) is 29.6 Å². The summed E-state index contributed by atoms with van der Waals surface area (Å²) in [6, 6.07) is 10.8. The number of fused-ring (bicyclic) bond motifs is 2. The molecule has 2 bridgehead atoms. The number of carbonyl (C=O) groups is 2. The molecule has 0 saturated carbocycles. The molecule has 2 aliphatic heterocycles. The highest BCUT2D eigenvalue weighted by Gasteiger charge is 2.39. The Bertz CT molecular complexity index is 1060. The second-order valence-corrected chi connectivity index (χ2v) is 8.88. The predicted molar refractivity (Wildman–Crippen MR) is 124 cm³/mol. The molecule has 9 heteroatoms. The number of ketones is 1. The summed E-state index contributed by atoms with van der Waals surface area (Å²) >= 11 is 0. The molecule has 2 aromatic rings. The number of nitrogens with two attached hydrogens (primary N) is 1. The van der Waals surface area contributed by atoms with E-state index in [1.165, 1.54) is 25.0 Å². The lowest BCUT2D eigenvalue weighted by atomic mass is 9.85. The van der Waals surface area contributed by atoms with Crippen molar-refractivity contribution in [3.63, 3.8) is 0 Å². The summed E-state index contributed by atoms with van der Waals surface area (Å²) in [4.78, 5) is 23.5. The number of halogens is 3. The molecule has 0 amide bonds. The number of hydrogen-bond acceptors (Lipinski definition) is 5. The summed E-state index contributed by atoms with van der Waals surface area (Å²) < 4.78 is 39.0. The average Bonchev–Trinajstić information content (AvgIpc) is 2.99. The third-order valence-electron chi connectivity index (χ3n) is 6.79. The average molecular weight is 476 g/mol. The van der Waals surface area contributed by atoms with Crippen molar-refractivity contribution in [3.8, 4) is 11.1 Å². The van der Waals surface area contributed by atoms with E-state index < -0.39 is 11.7 Å². The van der Waals surface area contributed by atoms with E-state index >= 15 is 0 Å². The van der Waals surface area contributed by atoms with E-state index in [2.05, 4.69) is 11.9 Å². The fourth-order valence-electron chi connectivity index (χ4n) is 5.05. The molecule has 6 nitrogen and oxygen atoms in total. The van der Waals surface area contributed by atoms with Crippen molar-refractivity contribution < 1.29 is 27.9 Å². The normalized spacial score (nSPS) is 21.9. The van der Waals surface area contributed by atoms with E-state index in [9.17, 15) is 18.0 Å². The number of nitrogen functional groups attached to an aromatic ring is 1. The molecule has 0 spiro atoms. The first-order chi connectivity index (χ1) is 16.0. The van der Waals surface area contributed by atoms with Crippen molar-refractivity contribution in [1.82, 2.24) is 4.90 Å². The molecule has 4 rings (SSSR count). The Morgan fingerprint density at radius 3 is 2.29 bits per heavy atom. The number of Topliss-reactive ketones (excluding diaryl/α,β-unsaturated/α-hetero) is 1. The first-order valence-corrected chi connectivity index (χ1v) is 11.0.